The number of nitrogens with zero attached hydrogens (tertiary/aromatic N) is 2. The standard InChI is InChI=1S/C19H19FN2O/c1-2-6-19(23)22-18(15-7-4-3-5-8-15)13-17(21-22)14-9-11-16(20)12-10-14/h3-5,7-12,18H,2,6,13H2,1H3. The quantitative estimate of drug-likeness (QED) is 0.828. The van der Waals surface area contributed by atoms with Crippen LogP contribution in [0, 0.1) is 5.82 Å². The molecule has 1 atom stereocenters. The van der Waals surface area contributed by atoms with Gasteiger partial charge in [0.05, 0.1) is 11.8 Å². The second-order valence-corrected chi connectivity index (χ2v) is 5.67. The normalized spacial score (nSPS) is 17.2. The molecular formula is C19H19FN2O. The van der Waals surface area contributed by atoms with Gasteiger partial charge in [-0.05, 0) is 29.7 Å². The molecule has 1 aliphatic heterocycles. The molecule has 0 radical (unpaired) electrons. The number of amides is 1. The second-order valence-electron chi connectivity index (χ2n) is 5.67. The molecular weight excluding hydrogens is 291 g/mol. The maximum Gasteiger partial charge on any atom is 0.243 e. The Labute approximate surface area is 135 Å². The van der Waals surface area contributed by atoms with Crippen LogP contribution in [0.3, 0.4) is 0 Å². The topological polar surface area (TPSA) is 32.7 Å². The summed E-state index contributed by atoms with van der Waals surface area (Å²) in [4.78, 5) is 12.4. The monoisotopic (exact) mass is 310 g/mol. The van der Waals surface area contributed by atoms with E-state index in [1.165, 1.54) is 12.1 Å². The Bertz CT molecular complexity index is 710. The van der Waals surface area contributed by atoms with Crippen molar-refractivity contribution in [2.45, 2.75) is 32.2 Å². The lowest BCUT2D eigenvalue weighted by Gasteiger charge is -2.21. The van der Waals surface area contributed by atoms with E-state index in [4.69, 9.17) is 0 Å². The molecule has 3 nitrogen and oxygen atoms in total. The Morgan fingerprint density at radius 2 is 1.87 bits per heavy atom. The van der Waals surface area contributed by atoms with Crippen molar-refractivity contribution in [2.24, 2.45) is 5.10 Å². The summed E-state index contributed by atoms with van der Waals surface area (Å²) in [6.45, 7) is 1.98. The van der Waals surface area contributed by atoms with Gasteiger partial charge in [0.1, 0.15) is 5.82 Å². The summed E-state index contributed by atoms with van der Waals surface area (Å²) in [5.74, 6) is -0.246. The van der Waals surface area contributed by atoms with Gasteiger partial charge in [-0.15, -0.1) is 0 Å². The second kappa shape index (κ2) is 6.73. The molecule has 23 heavy (non-hydrogen) atoms. The van der Waals surface area contributed by atoms with Gasteiger partial charge < -0.3 is 0 Å². The minimum absolute atomic E-state index is 0.0264. The van der Waals surface area contributed by atoms with Crippen molar-refractivity contribution in [1.29, 1.82) is 0 Å². The number of carbonyl (C=O) groups excluding carboxylic acids is 1. The predicted molar refractivity (Wildman–Crippen MR) is 88.5 cm³/mol. The number of rotatable bonds is 4. The Morgan fingerprint density at radius 1 is 1.17 bits per heavy atom. The maximum atomic E-state index is 13.1. The molecule has 1 aliphatic rings. The molecule has 0 aliphatic carbocycles. The van der Waals surface area contributed by atoms with Crippen LogP contribution in [-0.2, 0) is 4.79 Å². The molecule has 118 valence electrons. The average molecular weight is 310 g/mol. The van der Waals surface area contributed by atoms with Gasteiger partial charge in [-0.1, -0.05) is 49.4 Å². The smallest absolute Gasteiger partial charge is 0.243 e. The number of hydrogen-bond acceptors (Lipinski definition) is 2. The zero-order chi connectivity index (χ0) is 16.2. The van der Waals surface area contributed by atoms with E-state index in [0.717, 1.165) is 23.3 Å². The van der Waals surface area contributed by atoms with Gasteiger partial charge in [0, 0.05) is 12.8 Å². The number of halogens is 1. The van der Waals surface area contributed by atoms with Gasteiger partial charge in [0.25, 0.3) is 0 Å². The fourth-order valence-electron chi connectivity index (χ4n) is 2.82. The Hall–Kier alpha value is -2.49. The first-order chi connectivity index (χ1) is 11.2. The fourth-order valence-corrected chi connectivity index (χ4v) is 2.82. The summed E-state index contributed by atoms with van der Waals surface area (Å²) in [6, 6.07) is 16.1. The minimum Gasteiger partial charge on any atom is -0.273 e. The van der Waals surface area contributed by atoms with Crippen molar-refractivity contribution in [2.75, 3.05) is 0 Å². The highest BCUT2D eigenvalue weighted by Crippen LogP contribution is 2.33. The summed E-state index contributed by atoms with van der Waals surface area (Å²) in [7, 11) is 0. The van der Waals surface area contributed by atoms with Gasteiger partial charge in [-0.3, -0.25) is 4.79 Å². The van der Waals surface area contributed by atoms with E-state index in [1.54, 1.807) is 17.1 Å². The molecule has 0 aromatic heterocycles. The van der Waals surface area contributed by atoms with Gasteiger partial charge in [0.15, 0.2) is 0 Å². The lowest BCUT2D eigenvalue weighted by atomic mass is 9.98. The molecule has 0 bridgehead atoms. The number of hydrazone groups is 1. The molecule has 1 amide bonds. The van der Waals surface area contributed by atoms with Gasteiger partial charge in [-0.2, -0.15) is 5.10 Å². The molecule has 1 unspecified atom stereocenters. The highest BCUT2D eigenvalue weighted by Gasteiger charge is 2.32. The van der Waals surface area contributed by atoms with Gasteiger partial charge in [-0.25, -0.2) is 9.40 Å². The third-order valence-corrected chi connectivity index (χ3v) is 3.99. The first kappa shape index (κ1) is 15.4. The molecule has 0 N–H and O–H groups in total. The largest absolute Gasteiger partial charge is 0.273 e. The van der Waals surface area contributed by atoms with Crippen molar-refractivity contribution in [3.8, 4) is 0 Å². The van der Waals surface area contributed by atoms with Crippen molar-refractivity contribution in [1.82, 2.24) is 5.01 Å². The lowest BCUT2D eigenvalue weighted by Crippen LogP contribution is -2.26. The van der Waals surface area contributed by atoms with Crippen molar-refractivity contribution in [3.63, 3.8) is 0 Å². The van der Waals surface area contributed by atoms with Crippen LogP contribution in [0.25, 0.3) is 0 Å². The fraction of sp³-hybridized carbons (Fsp3) is 0.263. The number of hydrogen-bond donors (Lipinski definition) is 0. The molecule has 2 aromatic rings. The highest BCUT2D eigenvalue weighted by molar-refractivity contribution is 6.03. The highest BCUT2D eigenvalue weighted by atomic mass is 19.1. The predicted octanol–water partition coefficient (Wildman–Crippen LogP) is 4.30. The first-order valence-corrected chi connectivity index (χ1v) is 7.89. The number of carbonyl (C=O) groups is 1. The third kappa shape index (κ3) is 3.31. The molecule has 0 spiro atoms. The molecule has 3 rings (SSSR count). The van der Waals surface area contributed by atoms with Crippen LogP contribution in [0.15, 0.2) is 59.7 Å². The molecule has 0 saturated carbocycles. The Balaban J connectivity index is 1.92. The van der Waals surface area contributed by atoms with Crippen LogP contribution in [0.5, 0.6) is 0 Å². The van der Waals surface area contributed by atoms with Crippen molar-refractivity contribution >= 4 is 11.6 Å². The van der Waals surface area contributed by atoms with Crippen molar-refractivity contribution in [3.05, 3.63) is 71.5 Å². The third-order valence-electron chi connectivity index (χ3n) is 3.99. The summed E-state index contributed by atoms with van der Waals surface area (Å²) < 4.78 is 13.1. The molecule has 0 saturated heterocycles. The lowest BCUT2D eigenvalue weighted by molar-refractivity contribution is -0.133. The zero-order valence-corrected chi connectivity index (χ0v) is 13.1. The summed E-state index contributed by atoms with van der Waals surface area (Å²) >= 11 is 0. The van der Waals surface area contributed by atoms with E-state index in [2.05, 4.69) is 5.10 Å². The molecule has 0 fully saturated rings. The summed E-state index contributed by atoms with van der Waals surface area (Å²) in [5, 5.41) is 6.14. The number of benzene rings is 2. The van der Waals surface area contributed by atoms with Crippen LogP contribution in [0.1, 0.15) is 43.4 Å². The maximum absolute atomic E-state index is 13.1. The van der Waals surface area contributed by atoms with E-state index >= 15 is 0 Å². The van der Waals surface area contributed by atoms with E-state index in [0.29, 0.717) is 12.8 Å². The van der Waals surface area contributed by atoms with Crippen LogP contribution < -0.4 is 0 Å². The molecule has 2 aromatic carbocycles. The Kier molecular flexibility index (Phi) is 4.51. The van der Waals surface area contributed by atoms with Crippen molar-refractivity contribution < 1.29 is 9.18 Å². The Morgan fingerprint density at radius 3 is 2.52 bits per heavy atom. The zero-order valence-electron chi connectivity index (χ0n) is 13.1. The first-order valence-electron chi connectivity index (χ1n) is 7.89. The van der Waals surface area contributed by atoms with E-state index < -0.39 is 0 Å². The SMILES string of the molecule is CCCC(=O)N1N=C(c2ccc(F)cc2)CC1c1ccccc1. The molecule has 4 heteroatoms. The minimum atomic E-state index is -0.272. The average Bonchev–Trinajstić information content (AvgIpc) is 3.02. The van der Waals surface area contributed by atoms with Crippen LogP contribution in [-0.4, -0.2) is 16.6 Å². The summed E-state index contributed by atoms with van der Waals surface area (Å²) in [6.07, 6.45) is 1.91. The van der Waals surface area contributed by atoms with E-state index in [1.807, 2.05) is 37.3 Å². The summed E-state index contributed by atoms with van der Waals surface area (Å²) in [5.41, 5.74) is 2.75. The van der Waals surface area contributed by atoms with Crippen LogP contribution in [0.2, 0.25) is 0 Å². The van der Waals surface area contributed by atoms with E-state index in [-0.39, 0.29) is 17.8 Å². The molecule has 1 heterocycles. The van der Waals surface area contributed by atoms with E-state index in [9.17, 15) is 9.18 Å². The van der Waals surface area contributed by atoms with Crippen LogP contribution >= 0.6 is 0 Å². The van der Waals surface area contributed by atoms with Crippen LogP contribution in [0.4, 0.5) is 4.39 Å². The van der Waals surface area contributed by atoms with Gasteiger partial charge >= 0.3 is 0 Å². The van der Waals surface area contributed by atoms with Gasteiger partial charge in [0.2, 0.25) is 5.91 Å².